The van der Waals surface area contributed by atoms with Crippen molar-refractivity contribution in [2.24, 2.45) is 5.92 Å². The van der Waals surface area contributed by atoms with Crippen molar-refractivity contribution in [2.45, 2.75) is 26.4 Å². The molecule has 0 aliphatic carbocycles. The highest BCUT2D eigenvalue weighted by Gasteiger charge is 2.02. The van der Waals surface area contributed by atoms with Crippen LogP contribution in [0.15, 0.2) is 0 Å². The van der Waals surface area contributed by atoms with Crippen LogP contribution in [-0.2, 0) is 4.74 Å². The Kier molecular flexibility index (Phi) is 7.45. The zero-order chi connectivity index (χ0) is 9.40. The highest BCUT2D eigenvalue weighted by atomic mass is 16.5. The molecule has 0 aromatic rings. The van der Waals surface area contributed by atoms with Gasteiger partial charge in [-0.05, 0) is 25.8 Å². The van der Waals surface area contributed by atoms with Crippen molar-refractivity contribution in [1.29, 1.82) is 0 Å². The lowest BCUT2D eigenvalue weighted by atomic mass is 10.1. The molecule has 0 aliphatic heterocycles. The predicted molar refractivity (Wildman–Crippen MR) is 50.2 cm³/mol. The first-order valence-electron chi connectivity index (χ1n) is 4.55. The van der Waals surface area contributed by atoms with E-state index in [1.165, 1.54) is 0 Å². The fraction of sp³-hybridized carbons (Fsp3) is 1.00. The maximum Gasteiger partial charge on any atom is 0.0667 e. The van der Waals surface area contributed by atoms with Gasteiger partial charge in [0.1, 0.15) is 0 Å². The van der Waals surface area contributed by atoms with E-state index in [2.05, 4.69) is 12.2 Å². The van der Waals surface area contributed by atoms with Gasteiger partial charge in [-0.1, -0.05) is 6.92 Å². The van der Waals surface area contributed by atoms with Gasteiger partial charge in [0.15, 0.2) is 0 Å². The molecule has 0 amide bonds. The Hall–Kier alpha value is -0.120. The van der Waals surface area contributed by atoms with Crippen LogP contribution < -0.4 is 5.32 Å². The van der Waals surface area contributed by atoms with Gasteiger partial charge in [0.25, 0.3) is 0 Å². The van der Waals surface area contributed by atoms with E-state index in [0.717, 1.165) is 19.5 Å². The van der Waals surface area contributed by atoms with E-state index in [1.807, 2.05) is 6.92 Å². The summed E-state index contributed by atoms with van der Waals surface area (Å²) in [5.41, 5.74) is 0. The Morgan fingerprint density at radius 3 is 2.50 bits per heavy atom. The van der Waals surface area contributed by atoms with Crippen molar-refractivity contribution < 1.29 is 9.84 Å². The zero-order valence-electron chi connectivity index (χ0n) is 8.34. The summed E-state index contributed by atoms with van der Waals surface area (Å²) in [5, 5.41) is 11.9. The van der Waals surface area contributed by atoms with Crippen molar-refractivity contribution in [2.75, 3.05) is 26.8 Å². The van der Waals surface area contributed by atoms with Crippen LogP contribution in [0.2, 0.25) is 0 Å². The lowest BCUT2D eigenvalue weighted by Crippen LogP contribution is -2.29. The summed E-state index contributed by atoms with van der Waals surface area (Å²) in [6, 6.07) is 0. The third-order valence-electron chi connectivity index (χ3n) is 1.95. The minimum atomic E-state index is 0.270. The molecular weight excluding hydrogens is 154 g/mol. The van der Waals surface area contributed by atoms with Crippen LogP contribution in [0.25, 0.3) is 0 Å². The van der Waals surface area contributed by atoms with Gasteiger partial charge < -0.3 is 15.2 Å². The standard InChI is InChI=1S/C9H21NO2/c1-8(4-5-11)6-10-7-9(2)12-3/h8-11H,4-7H2,1-3H3. The Balaban J connectivity index is 3.18. The molecule has 3 nitrogen and oxygen atoms in total. The predicted octanol–water partition coefficient (Wildman–Crippen LogP) is 0.629. The summed E-state index contributed by atoms with van der Waals surface area (Å²) in [7, 11) is 1.71. The lowest BCUT2D eigenvalue weighted by Gasteiger charge is -2.14. The van der Waals surface area contributed by atoms with Gasteiger partial charge in [-0.15, -0.1) is 0 Å². The van der Waals surface area contributed by atoms with Crippen LogP contribution in [0.3, 0.4) is 0 Å². The van der Waals surface area contributed by atoms with Crippen molar-refractivity contribution >= 4 is 0 Å². The fourth-order valence-electron chi connectivity index (χ4n) is 0.939. The second kappa shape index (κ2) is 7.53. The highest BCUT2D eigenvalue weighted by molar-refractivity contribution is 4.59. The third-order valence-corrected chi connectivity index (χ3v) is 1.95. The van der Waals surface area contributed by atoms with Crippen molar-refractivity contribution in [3.05, 3.63) is 0 Å². The van der Waals surface area contributed by atoms with Crippen LogP contribution in [-0.4, -0.2) is 38.0 Å². The van der Waals surface area contributed by atoms with E-state index >= 15 is 0 Å². The van der Waals surface area contributed by atoms with Gasteiger partial charge in [-0.2, -0.15) is 0 Å². The number of nitrogens with one attached hydrogen (secondary N) is 1. The molecule has 0 radical (unpaired) electrons. The van der Waals surface area contributed by atoms with E-state index in [1.54, 1.807) is 7.11 Å². The number of rotatable bonds is 7. The summed E-state index contributed by atoms with van der Waals surface area (Å²) in [5.74, 6) is 0.541. The molecule has 0 rings (SSSR count). The quantitative estimate of drug-likeness (QED) is 0.596. The van der Waals surface area contributed by atoms with Gasteiger partial charge in [-0.3, -0.25) is 0 Å². The summed E-state index contributed by atoms with van der Waals surface area (Å²) in [6.07, 6.45) is 1.14. The van der Waals surface area contributed by atoms with Gasteiger partial charge >= 0.3 is 0 Å². The second-order valence-corrected chi connectivity index (χ2v) is 3.32. The van der Waals surface area contributed by atoms with Crippen molar-refractivity contribution in [1.82, 2.24) is 5.32 Å². The van der Waals surface area contributed by atoms with Crippen molar-refractivity contribution in [3.8, 4) is 0 Å². The fourth-order valence-corrected chi connectivity index (χ4v) is 0.939. The monoisotopic (exact) mass is 175 g/mol. The molecule has 74 valence electrons. The smallest absolute Gasteiger partial charge is 0.0667 e. The lowest BCUT2D eigenvalue weighted by molar-refractivity contribution is 0.116. The number of ether oxygens (including phenoxy) is 1. The Labute approximate surface area is 75.1 Å². The number of hydrogen-bond acceptors (Lipinski definition) is 3. The molecule has 0 spiro atoms. The van der Waals surface area contributed by atoms with Gasteiger partial charge in [0, 0.05) is 20.3 Å². The largest absolute Gasteiger partial charge is 0.396 e. The second-order valence-electron chi connectivity index (χ2n) is 3.32. The van der Waals surface area contributed by atoms with E-state index in [4.69, 9.17) is 9.84 Å². The Morgan fingerprint density at radius 1 is 1.33 bits per heavy atom. The number of hydrogen-bond donors (Lipinski definition) is 2. The van der Waals surface area contributed by atoms with Gasteiger partial charge in [0.2, 0.25) is 0 Å². The Morgan fingerprint density at radius 2 is 2.00 bits per heavy atom. The summed E-state index contributed by atoms with van der Waals surface area (Å²) < 4.78 is 5.08. The molecule has 0 saturated heterocycles. The molecule has 0 aliphatic rings. The molecule has 3 heteroatoms. The minimum absolute atomic E-state index is 0.270. The molecule has 2 atom stereocenters. The van der Waals surface area contributed by atoms with Crippen molar-refractivity contribution in [3.63, 3.8) is 0 Å². The van der Waals surface area contributed by atoms with Crippen LogP contribution in [0.1, 0.15) is 20.3 Å². The average Bonchev–Trinajstić information content (AvgIpc) is 2.04. The normalized spacial score (nSPS) is 16.0. The van der Waals surface area contributed by atoms with Crippen LogP contribution in [0, 0.1) is 5.92 Å². The SMILES string of the molecule is COC(C)CNCC(C)CCO. The molecule has 0 bridgehead atoms. The molecular formula is C9H21NO2. The first-order chi connectivity index (χ1) is 5.70. The molecule has 0 aromatic heterocycles. The van der Waals surface area contributed by atoms with E-state index in [-0.39, 0.29) is 12.7 Å². The number of methoxy groups -OCH3 is 1. The van der Waals surface area contributed by atoms with E-state index < -0.39 is 0 Å². The topological polar surface area (TPSA) is 41.5 Å². The molecule has 12 heavy (non-hydrogen) atoms. The van der Waals surface area contributed by atoms with Crippen LogP contribution in [0.4, 0.5) is 0 Å². The summed E-state index contributed by atoms with van der Waals surface area (Å²) in [6.45, 7) is 6.27. The molecule has 0 fully saturated rings. The highest BCUT2D eigenvalue weighted by Crippen LogP contribution is 1.97. The summed E-state index contributed by atoms with van der Waals surface area (Å²) >= 11 is 0. The van der Waals surface area contributed by atoms with Gasteiger partial charge in [0.05, 0.1) is 6.10 Å². The molecule has 0 heterocycles. The average molecular weight is 175 g/mol. The van der Waals surface area contributed by atoms with E-state index in [0.29, 0.717) is 5.92 Å². The minimum Gasteiger partial charge on any atom is -0.396 e. The molecule has 0 saturated carbocycles. The molecule has 2 unspecified atom stereocenters. The third kappa shape index (κ3) is 6.58. The first kappa shape index (κ1) is 11.9. The summed E-state index contributed by atoms with van der Waals surface area (Å²) in [4.78, 5) is 0. The zero-order valence-corrected chi connectivity index (χ0v) is 8.34. The number of aliphatic hydroxyl groups is 1. The first-order valence-corrected chi connectivity index (χ1v) is 4.55. The maximum absolute atomic E-state index is 8.64. The number of aliphatic hydroxyl groups excluding tert-OH is 1. The van der Waals surface area contributed by atoms with E-state index in [9.17, 15) is 0 Å². The molecule has 0 aromatic carbocycles. The van der Waals surface area contributed by atoms with Crippen LogP contribution in [0.5, 0.6) is 0 Å². The Bertz CT molecular complexity index is 98.5. The van der Waals surface area contributed by atoms with Gasteiger partial charge in [-0.25, -0.2) is 0 Å². The molecule has 2 N–H and O–H groups in total. The van der Waals surface area contributed by atoms with Crippen LogP contribution >= 0.6 is 0 Å². The maximum atomic E-state index is 8.64.